The fraction of sp³-hybridized carbons (Fsp3) is 0.636. The van der Waals surface area contributed by atoms with Gasteiger partial charge in [0.1, 0.15) is 12.2 Å². The van der Waals surface area contributed by atoms with Gasteiger partial charge in [-0.05, 0) is 6.42 Å². The molecule has 0 saturated carbocycles. The molecule has 1 unspecified atom stereocenters. The van der Waals surface area contributed by atoms with E-state index in [0.717, 1.165) is 6.42 Å². The average molecular weight is 235 g/mol. The van der Waals surface area contributed by atoms with Crippen LogP contribution in [0.15, 0.2) is 6.33 Å². The summed E-state index contributed by atoms with van der Waals surface area (Å²) in [5, 5.41) is 15.6. The average Bonchev–Trinajstić information content (AvgIpc) is 2.71. The Morgan fingerprint density at radius 1 is 1.71 bits per heavy atom. The monoisotopic (exact) mass is 235 g/mol. The predicted molar refractivity (Wildman–Crippen MR) is 61.7 cm³/mol. The van der Waals surface area contributed by atoms with Crippen molar-refractivity contribution in [2.75, 3.05) is 6.54 Å². The predicted octanol–water partition coefficient (Wildman–Crippen LogP) is 0.414. The Balaban J connectivity index is 2.31. The van der Waals surface area contributed by atoms with Crippen LogP contribution in [-0.2, 0) is 18.3 Å². The van der Waals surface area contributed by atoms with Gasteiger partial charge in [-0.3, -0.25) is 9.48 Å². The van der Waals surface area contributed by atoms with E-state index >= 15 is 0 Å². The lowest BCUT2D eigenvalue weighted by Gasteiger charge is -2.07. The topological polar surface area (TPSA) is 83.6 Å². The van der Waals surface area contributed by atoms with Gasteiger partial charge in [0.2, 0.25) is 5.91 Å². The summed E-state index contributed by atoms with van der Waals surface area (Å²) in [5.74, 6) is -0.0567. The highest BCUT2D eigenvalue weighted by Crippen LogP contribution is 2.04. The number of carbonyl (C=O) groups excluding carboxylic acids is 1. The van der Waals surface area contributed by atoms with Crippen molar-refractivity contribution in [2.45, 2.75) is 26.2 Å². The van der Waals surface area contributed by atoms with E-state index in [1.807, 2.05) is 13.0 Å². The lowest BCUT2D eigenvalue weighted by atomic mass is 10.1. The Kier molecular flexibility index (Phi) is 5.14. The van der Waals surface area contributed by atoms with Gasteiger partial charge in [-0.2, -0.15) is 10.4 Å². The first-order chi connectivity index (χ1) is 8.17. The van der Waals surface area contributed by atoms with Gasteiger partial charge in [-0.25, -0.2) is 4.98 Å². The minimum atomic E-state index is -0.545. The molecular formula is C11H17N5O. The van der Waals surface area contributed by atoms with Gasteiger partial charge in [0.25, 0.3) is 0 Å². The largest absolute Gasteiger partial charge is 0.355 e. The van der Waals surface area contributed by atoms with Crippen LogP contribution >= 0.6 is 0 Å². The second-order valence-corrected chi connectivity index (χ2v) is 3.85. The SMILES string of the molecule is CCCC(C#N)C(=O)NCCc1ncn(C)n1. The summed E-state index contributed by atoms with van der Waals surface area (Å²) in [6.07, 6.45) is 3.63. The standard InChI is InChI=1S/C11H17N5O/c1-3-4-9(7-12)11(17)13-6-5-10-14-8-16(2)15-10/h8-9H,3-6H2,1-2H3,(H,13,17). The molecule has 1 aromatic heterocycles. The number of aromatic nitrogens is 3. The molecule has 0 fully saturated rings. The van der Waals surface area contributed by atoms with Crippen LogP contribution in [0.5, 0.6) is 0 Å². The molecule has 17 heavy (non-hydrogen) atoms. The molecule has 0 saturated heterocycles. The first-order valence-electron chi connectivity index (χ1n) is 5.69. The molecule has 0 aliphatic rings. The van der Waals surface area contributed by atoms with Crippen LogP contribution in [0.4, 0.5) is 0 Å². The number of nitriles is 1. The van der Waals surface area contributed by atoms with Crippen molar-refractivity contribution in [1.29, 1.82) is 5.26 Å². The van der Waals surface area contributed by atoms with Gasteiger partial charge >= 0.3 is 0 Å². The van der Waals surface area contributed by atoms with E-state index in [0.29, 0.717) is 25.2 Å². The summed E-state index contributed by atoms with van der Waals surface area (Å²) in [5.41, 5.74) is 0. The molecule has 1 aromatic rings. The Morgan fingerprint density at radius 3 is 3.00 bits per heavy atom. The van der Waals surface area contributed by atoms with E-state index in [9.17, 15) is 4.79 Å². The number of rotatable bonds is 6. The van der Waals surface area contributed by atoms with Crippen molar-refractivity contribution in [3.05, 3.63) is 12.2 Å². The molecule has 0 aliphatic heterocycles. The fourth-order valence-electron chi connectivity index (χ4n) is 1.46. The number of hydrogen-bond acceptors (Lipinski definition) is 4. The smallest absolute Gasteiger partial charge is 0.237 e. The summed E-state index contributed by atoms with van der Waals surface area (Å²) in [6, 6.07) is 2.01. The van der Waals surface area contributed by atoms with E-state index in [-0.39, 0.29) is 5.91 Å². The Bertz CT molecular complexity index is 406. The van der Waals surface area contributed by atoms with Gasteiger partial charge in [0.05, 0.1) is 6.07 Å². The fourth-order valence-corrected chi connectivity index (χ4v) is 1.46. The van der Waals surface area contributed by atoms with Crippen molar-refractivity contribution in [3.8, 4) is 6.07 Å². The van der Waals surface area contributed by atoms with Crippen molar-refractivity contribution in [3.63, 3.8) is 0 Å². The van der Waals surface area contributed by atoms with E-state index in [4.69, 9.17) is 5.26 Å². The summed E-state index contributed by atoms with van der Waals surface area (Å²) in [4.78, 5) is 15.6. The van der Waals surface area contributed by atoms with E-state index < -0.39 is 5.92 Å². The molecule has 0 aromatic carbocycles. The number of carbonyl (C=O) groups is 1. The van der Waals surface area contributed by atoms with Crippen LogP contribution in [-0.4, -0.2) is 27.2 Å². The molecular weight excluding hydrogens is 218 g/mol. The minimum absolute atomic E-state index is 0.203. The first kappa shape index (κ1) is 13.2. The third-order valence-corrected chi connectivity index (χ3v) is 2.34. The molecule has 1 atom stereocenters. The van der Waals surface area contributed by atoms with E-state index in [1.165, 1.54) is 0 Å². The highest BCUT2D eigenvalue weighted by Gasteiger charge is 2.15. The number of aryl methyl sites for hydroxylation is 1. The normalized spacial score (nSPS) is 11.8. The number of nitrogens with zero attached hydrogens (tertiary/aromatic N) is 4. The van der Waals surface area contributed by atoms with Crippen molar-refractivity contribution >= 4 is 5.91 Å². The summed E-state index contributed by atoms with van der Waals surface area (Å²) in [7, 11) is 1.79. The van der Waals surface area contributed by atoms with Crippen molar-refractivity contribution in [1.82, 2.24) is 20.1 Å². The summed E-state index contributed by atoms with van der Waals surface area (Å²) in [6.45, 7) is 2.42. The molecule has 1 heterocycles. The van der Waals surface area contributed by atoms with Crippen molar-refractivity contribution < 1.29 is 4.79 Å². The summed E-state index contributed by atoms with van der Waals surface area (Å²) < 4.78 is 1.62. The van der Waals surface area contributed by atoms with Crippen LogP contribution in [0.2, 0.25) is 0 Å². The second-order valence-electron chi connectivity index (χ2n) is 3.85. The van der Waals surface area contributed by atoms with Gasteiger partial charge in [-0.1, -0.05) is 13.3 Å². The highest BCUT2D eigenvalue weighted by atomic mass is 16.1. The maximum absolute atomic E-state index is 11.6. The molecule has 0 aliphatic carbocycles. The Hall–Kier alpha value is -1.90. The molecule has 1 rings (SSSR count). The molecule has 92 valence electrons. The number of amides is 1. The molecule has 0 bridgehead atoms. The van der Waals surface area contributed by atoms with Gasteiger partial charge < -0.3 is 5.32 Å². The van der Waals surface area contributed by atoms with E-state index in [2.05, 4.69) is 15.4 Å². The van der Waals surface area contributed by atoms with Gasteiger partial charge in [0.15, 0.2) is 5.82 Å². The quantitative estimate of drug-likeness (QED) is 0.774. The lowest BCUT2D eigenvalue weighted by Crippen LogP contribution is -2.31. The molecule has 0 spiro atoms. The Morgan fingerprint density at radius 2 is 2.47 bits per heavy atom. The number of hydrogen-bond donors (Lipinski definition) is 1. The Labute approximate surface area is 101 Å². The first-order valence-corrected chi connectivity index (χ1v) is 5.69. The molecule has 1 N–H and O–H groups in total. The van der Waals surface area contributed by atoms with Crippen LogP contribution in [0, 0.1) is 17.2 Å². The minimum Gasteiger partial charge on any atom is -0.355 e. The van der Waals surface area contributed by atoms with Gasteiger partial charge in [-0.15, -0.1) is 0 Å². The maximum atomic E-state index is 11.6. The molecule has 6 nitrogen and oxygen atoms in total. The van der Waals surface area contributed by atoms with Crippen LogP contribution in [0.25, 0.3) is 0 Å². The maximum Gasteiger partial charge on any atom is 0.237 e. The second kappa shape index (κ2) is 6.63. The zero-order chi connectivity index (χ0) is 12.7. The van der Waals surface area contributed by atoms with Crippen LogP contribution in [0.3, 0.4) is 0 Å². The molecule has 6 heteroatoms. The molecule has 0 radical (unpaired) electrons. The zero-order valence-electron chi connectivity index (χ0n) is 10.2. The van der Waals surface area contributed by atoms with Crippen molar-refractivity contribution in [2.24, 2.45) is 13.0 Å². The van der Waals surface area contributed by atoms with E-state index in [1.54, 1.807) is 18.1 Å². The highest BCUT2D eigenvalue weighted by molar-refractivity contribution is 5.80. The third-order valence-electron chi connectivity index (χ3n) is 2.34. The van der Waals surface area contributed by atoms with Crippen LogP contribution in [0.1, 0.15) is 25.6 Å². The summed E-state index contributed by atoms with van der Waals surface area (Å²) >= 11 is 0. The number of nitrogens with one attached hydrogen (secondary N) is 1. The third kappa shape index (κ3) is 4.23. The molecule has 1 amide bonds. The lowest BCUT2D eigenvalue weighted by molar-refractivity contribution is -0.123. The van der Waals surface area contributed by atoms with Crippen LogP contribution < -0.4 is 5.32 Å². The van der Waals surface area contributed by atoms with Gasteiger partial charge in [0, 0.05) is 20.0 Å². The zero-order valence-corrected chi connectivity index (χ0v) is 10.2.